The maximum atomic E-state index is 11.6. The van der Waals surface area contributed by atoms with Gasteiger partial charge in [0.25, 0.3) is 0 Å². The van der Waals surface area contributed by atoms with Gasteiger partial charge in [-0.2, -0.15) is 9.78 Å². The van der Waals surface area contributed by atoms with Crippen molar-refractivity contribution in [1.29, 1.82) is 0 Å². The Morgan fingerprint density at radius 2 is 2.13 bits per heavy atom. The first kappa shape index (κ1) is 14.1. The van der Waals surface area contributed by atoms with Gasteiger partial charge in [0.15, 0.2) is 21.3 Å². The topological polar surface area (TPSA) is 103 Å². The molecule has 1 atom stereocenters. The summed E-state index contributed by atoms with van der Waals surface area (Å²) < 4.78 is 24.8. The van der Waals surface area contributed by atoms with E-state index in [4.69, 9.17) is 0 Å². The van der Waals surface area contributed by atoms with E-state index in [1.165, 1.54) is 6.33 Å². The van der Waals surface area contributed by atoms with Gasteiger partial charge in [0.05, 0.1) is 23.1 Å². The summed E-state index contributed by atoms with van der Waals surface area (Å²) in [6.07, 6.45) is 5.37. The molecule has 0 unspecified atom stereocenters. The van der Waals surface area contributed by atoms with Crippen LogP contribution in [-0.4, -0.2) is 50.7 Å². The molecule has 1 aliphatic rings. The lowest BCUT2D eigenvalue weighted by Gasteiger charge is -2.11. The molecule has 3 aromatic heterocycles. The fourth-order valence-electron chi connectivity index (χ4n) is 2.71. The van der Waals surface area contributed by atoms with Crippen LogP contribution in [0.5, 0.6) is 0 Å². The Morgan fingerprint density at radius 1 is 1.22 bits per heavy atom. The summed E-state index contributed by atoms with van der Waals surface area (Å²) in [5.41, 5.74) is 0.627. The van der Waals surface area contributed by atoms with E-state index in [9.17, 15) is 8.42 Å². The summed E-state index contributed by atoms with van der Waals surface area (Å²) in [4.78, 5) is 12.8. The molecule has 8 nitrogen and oxygen atoms in total. The minimum atomic E-state index is -2.94. The second kappa shape index (κ2) is 5.27. The molecule has 0 spiro atoms. The molecule has 9 heteroatoms. The number of fused-ring (bicyclic) bond motifs is 1. The average Bonchev–Trinajstić information content (AvgIpc) is 3.12. The smallest absolute Gasteiger partial charge is 0.170 e. The highest BCUT2D eigenvalue weighted by atomic mass is 32.2. The molecule has 1 fully saturated rings. The fraction of sp³-hybridized carbons (Fsp3) is 0.286. The van der Waals surface area contributed by atoms with Crippen molar-refractivity contribution in [2.75, 3.05) is 16.8 Å². The van der Waals surface area contributed by atoms with E-state index in [1.807, 2.05) is 18.2 Å². The number of hydrogen-bond acceptors (Lipinski definition) is 7. The number of aromatic nitrogens is 5. The quantitative estimate of drug-likeness (QED) is 0.758. The molecule has 0 radical (unpaired) electrons. The van der Waals surface area contributed by atoms with E-state index in [0.29, 0.717) is 23.7 Å². The maximum absolute atomic E-state index is 11.6. The van der Waals surface area contributed by atoms with Gasteiger partial charge in [0, 0.05) is 12.2 Å². The minimum Gasteiger partial charge on any atom is -0.366 e. The van der Waals surface area contributed by atoms with E-state index in [2.05, 4.69) is 25.4 Å². The van der Waals surface area contributed by atoms with Crippen LogP contribution in [0.1, 0.15) is 6.42 Å². The van der Waals surface area contributed by atoms with Gasteiger partial charge in [0.1, 0.15) is 12.1 Å². The van der Waals surface area contributed by atoms with Crippen LogP contribution in [0.15, 0.2) is 36.9 Å². The third-order valence-electron chi connectivity index (χ3n) is 3.81. The van der Waals surface area contributed by atoms with Crippen molar-refractivity contribution in [1.82, 2.24) is 24.7 Å². The lowest BCUT2D eigenvalue weighted by atomic mass is 10.2. The van der Waals surface area contributed by atoms with E-state index >= 15 is 0 Å². The predicted molar refractivity (Wildman–Crippen MR) is 85.1 cm³/mol. The summed E-state index contributed by atoms with van der Waals surface area (Å²) in [6, 6.07) is 5.42. The van der Waals surface area contributed by atoms with E-state index < -0.39 is 9.84 Å². The van der Waals surface area contributed by atoms with Gasteiger partial charge >= 0.3 is 0 Å². The molecule has 118 valence electrons. The van der Waals surface area contributed by atoms with Gasteiger partial charge in [-0.05, 0) is 18.6 Å². The van der Waals surface area contributed by atoms with E-state index in [0.717, 1.165) is 5.39 Å². The average molecular weight is 330 g/mol. The Kier molecular flexibility index (Phi) is 3.22. The third-order valence-corrected chi connectivity index (χ3v) is 5.57. The first-order valence-electron chi connectivity index (χ1n) is 7.19. The van der Waals surface area contributed by atoms with Crippen LogP contribution in [0.2, 0.25) is 0 Å². The zero-order valence-electron chi connectivity index (χ0n) is 12.1. The van der Waals surface area contributed by atoms with Crippen LogP contribution in [-0.2, 0) is 9.84 Å². The largest absolute Gasteiger partial charge is 0.366 e. The highest BCUT2D eigenvalue weighted by Crippen LogP contribution is 2.23. The van der Waals surface area contributed by atoms with E-state index in [1.54, 1.807) is 17.1 Å². The number of sulfone groups is 1. The zero-order chi connectivity index (χ0) is 15.9. The maximum Gasteiger partial charge on any atom is 0.170 e. The van der Waals surface area contributed by atoms with Crippen LogP contribution >= 0.6 is 0 Å². The molecule has 0 bridgehead atoms. The molecular weight excluding hydrogens is 316 g/mol. The number of pyridine rings is 1. The zero-order valence-corrected chi connectivity index (χ0v) is 12.9. The van der Waals surface area contributed by atoms with Crippen molar-refractivity contribution >= 4 is 26.7 Å². The van der Waals surface area contributed by atoms with Crippen LogP contribution < -0.4 is 5.32 Å². The van der Waals surface area contributed by atoms with Crippen LogP contribution in [0.25, 0.3) is 16.9 Å². The molecule has 1 N–H and O–H groups in total. The van der Waals surface area contributed by atoms with Gasteiger partial charge in [-0.1, -0.05) is 6.07 Å². The lowest BCUT2D eigenvalue weighted by Crippen LogP contribution is -2.21. The Morgan fingerprint density at radius 3 is 2.87 bits per heavy atom. The highest BCUT2D eigenvalue weighted by molar-refractivity contribution is 7.91. The first-order chi connectivity index (χ1) is 11.1. The molecule has 4 rings (SSSR count). The molecule has 4 heterocycles. The Hall–Kier alpha value is -2.55. The molecule has 0 aromatic carbocycles. The number of rotatable bonds is 3. The third kappa shape index (κ3) is 2.63. The fourth-order valence-corrected chi connectivity index (χ4v) is 4.38. The molecule has 3 aromatic rings. The van der Waals surface area contributed by atoms with Crippen molar-refractivity contribution in [2.45, 2.75) is 12.5 Å². The highest BCUT2D eigenvalue weighted by Gasteiger charge is 2.28. The van der Waals surface area contributed by atoms with Crippen molar-refractivity contribution in [3.63, 3.8) is 0 Å². The van der Waals surface area contributed by atoms with Crippen molar-refractivity contribution < 1.29 is 8.42 Å². The summed E-state index contributed by atoms with van der Waals surface area (Å²) in [7, 11) is -2.94. The minimum absolute atomic E-state index is 0.128. The summed E-state index contributed by atoms with van der Waals surface area (Å²) >= 11 is 0. The Balaban J connectivity index is 1.71. The molecule has 0 aliphatic carbocycles. The van der Waals surface area contributed by atoms with Gasteiger partial charge in [0.2, 0.25) is 0 Å². The van der Waals surface area contributed by atoms with Crippen LogP contribution in [0, 0.1) is 0 Å². The molecule has 0 amide bonds. The summed E-state index contributed by atoms with van der Waals surface area (Å²) in [6.45, 7) is 0. The molecule has 23 heavy (non-hydrogen) atoms. The molecule has 1 aliphatic heterocycles. The number of nitrogens with zero attached hydrogens (tertiary/aromatic N) is 5. The monoisotopic (exact) mass is 330 g/mol. The van der Waals surface area contributed by atoms with Crippen molar-refractivity contribution in [2.24, 2.45) is 0 Å². The van der Waals surface area contributed by atoms with Gasteiger partial charge in [-0.15, -0.1) is 0 Å². The van der Waals surface area contributed by atoms with Gasteiger partial charge in [-0.3, -0.25) is 0 Å². The lowest BCUT2D eigenvalue weighted by molar-refractivity contribution is 0.602. The molecule has 1 saturated heterocycles. The van der Waals surface area contributed by atoms with E-state index in [-0.39, 0.29) is 17.5 Å². The van der Waals surface area contributed by atoms with Crippen molar-refractivity contribution in [3.05, 3.63) is 36.9 Å². The number of anilines is 1. The summed E-state index contributed by atoms with van der Waals surface area (Å²) in [5.74, 6) is 1.61. The Bertz CT molecular complexity index is 954. The second-order valence-electron chi connectivity index (χ2n) is 5.45. The standard InChI is InChI=1S/C14H14N6O2S/c21-23(22)6-4-10(8-23)19-13-11-7-18-20(14(11)17-9-16-13)12-3-1-2-5-15-12/h1-3,5,7,9-10H,4,6,8H2,(H,16,17,19)/t10-/m1/s1. The van der Waals surface area contributed by atoms with Crippen LogP contribution in [0.3, 0.4) is 0 Å². The molecular formula is C14H14N6O2S. The van der Waals surface area contributed by atoms with Crippen LogP contribution in [0.4, 0.5) is 5.82 Å². The normalized spacial score (nSPS) is 19.9. The number of nitrogens with one attached hydrogen (secondary N) is 1. The van der Waals surface area contributed by atoms with Gasteiger partial charge < -0.3 is 5.32 Å². The Labute approximate surface area is 132 Å². The predicted octanol–water partition coefficient (Wildman–Crippen LogP) is 0.809. The molecule has 0 saturated carbocycles. The number of hydrogen-bond donors (Lipinski definition) is 1. The van der Waals surface area contributed by atoms with Crippen molar-refractivity contribution in [3.8, 4) is 5.82 Å². The second-order valence-corrected chi connectivity index (χ2v) is 7.68. The SMILES string of the molecule is O=S1(=O)CC[C@@H](Nc2ncnc3c2cnn3-c2ccccn2)C1. The first-order valence-corrected chi connectivity index (χ1v) is 9.02. The summed E-state index contributed by atoms with van der Waals surface area (Å²) in [5, 5.41) is 8.26. The van der Waals surface area contributed by atoms with Gasteiger partial charge in [-0.25, -0.2) is 23.4 Å².